The lowest BCUT2D eigenvalue weighted by atomic mass is 9.71. The van der Waals surface area contributed by atoms with Crippen molar-refractivity contribution in [1.82, 2.24) is 5.32 Å². The molecule has 1 aromatic rings. The standard InChI is InChI=1S/C13H15ClFNO.C5H10O2/c14-11-7-10(8-12(15)9-11)13(3-6-17)1-4-16-5-2-13;1-5(2,3)7-4-6/h6-9,16H,1-5H2;4H,1-3H3. The van der Waals surface area contributed by atoms with Crippen LogP contribution in [0, 0.1) is 5.82 Å². The normalized spacial score (nSPS) is 16.5. The Balaban J connectivity index is 0.000000351. The topological polar surface area (TPSA) is 55.4 Å². The van der Waals surface area contributed by atoms with Crippen molar-refractivity contribution < 1.29 is 18.7 Å². The minimum atomic E-state index is -0.337. The van der Waals surface area contributed by atoms with Gasteiger partial charge in [0, 0.05) is 16.9 Å². The van der Waals surface area contributed by atoms with E-state index in [1.54, 1.807) is 6.07 Å². The van der Waals surface area contributed by atoms with Gasteiger partial charge in [-0.15, -0.1) is 0 Å². The molecule has 1 fully saturated rings. The molecule has 1 N–H and O–H groups in total. The highest BCUT2D eigenvalue weighted by atomic mass is 35.5. The number of aldehydes is 1. The zero-order valence-electron chi connectivity index (χ0n) is 14.4. The summed E-state index contributed by atoms with van der Waals surface area (Å²) in [5.74, 6) is -0.337. The second kappa shape index (κ2) is 9.14. The van der Waals surface area contributed by atoms with Gasteiger partial charge in [-0.05, 0) is 70.5 Å². The van der Waals surface area contributed by atoms with Crippen LogP contribution in [0.2, 0.25) is 5.02 Å². The van der Waals surface area contributed by atoms with Gasteiger partial charge in [-0.3, -0.25) is 4.79 Å². The summed E-state index contributed by atoms with van der Waals surface area (Å²) in [7, 11) is 0. The molecule has 0 saturated carbocycles. The Bertz CT molecular complexity index is 531. The lowest BCUT2D eigenvalue weighted by molar-refractivity contribution is -0.138. The van der Waals surface area contributed by atoms with E-state index in [0.29, 0.717) is 17.9 Å². The fourth-order valence-electron chi connectivity index (χ4n) is 2.68. The molecule has 0 amide bonds. The number of halogens is 2. The maximum atomic E-state index is 13.4. The molecule has 2 rings (SSSR count). The average molecular weight is 358 g/mol. The monoisotopic (exact) mass is 357 g/mol. The van der Waals surface area contributed by atoms with Gasteiger partial charge in [-0.1, -0.05) is 11.6 Å². The molecule has 134 valence electrons. The van der Waals surface area contributed by atoms with E-state index in [9.17, 15) is 14.0 Å². The molecule has 0 spiro atoms. The molecule has 1 aliphatic rings. The Labute approximate surface area is 147 Å². The summed E-state index contributed by atoms with van der Waals surface area (Å²) >= 11 is 5.89. The maximum absolute atomic E-state index is 13.4. The van der Waals surface area contributed by atoms with E-state index in [1.807, 2.05) is 20.8 Å². The number of hydrogen-bond acceptors (Lipinski definition) is 4. The first-order valence-corrected chi connectivity index (χ1v) is 8.33. The van der Waals surface area contributed by atoms with E-state index >= 15 is 0 Å². The number of ether oxygens (including phenoxy) is 1. The van der Waals surface area contributed by atoms with E-state index in [-0.39, 0.29) is 16.8 Å². The Morgan fingerprint density at radius 2 is 1.88 bits per heavy atom. The molecule has 0 aliphatic carbocycles. The minimum absolute atomic E-state index is 0.251. The third-order valence-corrected chi connectivity index (χ3v) is 4.13. The second-order valence-electron chi connectivity index (χ2n) is 6.89. The SMILES string of the molecule is CC(C)(C)OC=O.O=CCC1(c2cc(F)cc(Cl)c2)CCNCC1. The van der Waals surface area contributed by atoms with Gasteiger partial charge in [0.25, 0.3) is 6.47 Å². The van der Waals surface area contributed by atoms with E-state index in [1.165, 1.54) is 12.1 Å². The summed E-state index contributed by atoms with van der Waals surface area (Å²) < 4.78 is 18.0. The molecule has 1 saturated heterocycles. The average Bonchev–Trinajstić information content (AvgIpc) is 2.47. The molecule has 0 atom stereocenters. The summed E-state index contributed by atoms with van der Waals surface area (Å²) in [6.07, 6.45) is 3.02. The fraction of sp³-hybridized carbons (Fsp3) is 0.556. The summed E-state index contributed by atoms with van der Waals surface area (Å²) in [6.45, 7) is 7.62. The Morgan fingerprint density at radius 1 is 1.25 bits per heavy atom. The number of benzene rings is 1. The highest BCUT2D eigenvalue weighted by Crippen LogP contribution is 2.37. The van der Waals surface area contributed by atoms with Gasteiger partial charge in [-0.2, -0.15) is 0 Å². The third-order valence-electron chi connectivity index (χ3n) is 3.91. The van der Waals surface area contributed by atoms with E-state index in [0.717, 1.165) is 37.8 Å². The van der Waals surface area contributed by atoms with Crippen LogP contribution in [-0.2, 0) is 19.7 Å². The van der Waals surface area contributed by atoms with Gasteiger partial charge in [0.05, 0.1) is 0 Å². The molecule has 0 unspecified atom stereocenters. The summed E-state index contributed by atoms with van der Waals surface area (Å²) in [6, 6.07) is 4.57. The quantitative estimate of drug-likeness (QED) is 0.836. The predicted octanol–water partition coefficient (Wildman–Crippen LogP) is 3.65. The van der Waals surface area contributed by atoms with Crippen LogP contribution in [0.15, 0.2) is 18.2 Å². The van der Waals surface area contributed by atoms with Crippen molar-refractivity contribution in [3.63, 3.8) is 0 Å². The largest absolute Gasteiger partial charge is 0.462 e. The van der Waals surface area contributed by atoms with Crippen molar-refractivity contribution in [3.8, 4) is 0 Å². The van der Waals surface area contributed by atoms with Crippen molar-refractivity contribution >= 4 is 24.4 Å². The minimum Gasteiger partial charge on any atom is -0.462 e. The van der Waals surface area contributed by atoms with E-state index in [2.05, 4.69) is 10.1 Å². The molecule has 24 heavy (non-hydrogen) atoms. The van der Waals surface area contributed by atoms with Crippen LogP contribution < -0.4 is 5.32 Å². The van der Waals surface area contributed by atoms with Crippen LogP contribution in [0.5, 0.6) is 0 Å². The van der Waals surface area contributed by atoms with Crippen molar-refractivity contribution in [2.45, 2.75) is 51.0 Å². The number of hydrogen-bond donors (Lipinski definition) is 1. The van der Waals surface area contributed by atoms with Crippen LogP contribution in [0.1, 0.15) is 45.6 Å². The predicted molar refractivity (Wildman–Crippen MR) is 92.8 cm³/mol. The number of carbonyl (C=O) groups is 2. The Hall–Kier alpha value is -1.46. The summed E-state index contributed by atoms with van der Waals surface area (Å²) in [5.41, 5.74) is 0.275. The van der Waals surface area contributed by atoms with Gasteiger partial charge in [0.1, 0.15) is 17.7 Å². The van der Waals surface area contributed by atoms with Gasteiger partial charge < -0.3 is 14.8 Å². The van der Waals surface area contributed by atoms with Crippen LogP contribution in [-0.4, -0.2) is 31.4 Å². The van der Waals surface area contributed by atoms with Crippen LogP contribution >= 0.6 is 11.6 Å². The van der Waals surface area contributed by atoms with Gasteiger partial charge >= 0.3 is 0 Å². The smallest absolute Gasteiger partial charge is 0.293 e. The van der Waals surface area contributed by atoms with E-state index in [4.69, 9.17) is 11.6 Å². The highest BCUT2D eigenvalue weighted by molar-refractivity contribution is 6.30. The number of nitrogens with one attached hydrogen (secondary N) is 1. The van der Waals surface area contributed by atoms with Gasteiger partial charge in [0.15, 0.2) is 0 Å². The van der Waals surface area contributed by atoms with Crippen molar-refractivity contribution in [3.05, 3.63) is 34.6 Å². The number of rotatable bonds is 4. The highest BCUT2D eigenvalue weighted by Gasteiger charge is 2.34. The molecular formula is C18H25ClFNO3. The first-order valence-electron chi connectivity index (χ1n) is 7.95. The summed E-state index contributed by atoms with van der Waals surface area (Å²) in [5, 5.41) is 3.65. The zero-order chi connectivity index (χ0) is 18.2. The lowest BCUT2D eigenvalue weighted by Crippen LogP contribution is -2.40. The third kappa shape index (κ3) is 6.57. The molecule has 0 radical (unpaired) electrons. The molecule has 0 bridgehead atoms. The van der Waals surface area contributed by atoms with E-state index < -0.39 is 0 Å². The molecule has 0 aromatic heterocycles. The van der Waals surface area contributed by atoms with Crippen molar-refractivity contribution in [1.29, 1.82) is 0 Å². The van der Waals surface area contributed by atoms with Gasteiger partial charge in [-0.25, -0.2) is 4.39 Å². The van der Waals surface area contributed by atoms with Crippen LogP contribution in [0.4, 0.5) is 4.39 Å². The second-order valence-corrected chi connectivity index (χ2v) is 7.32. The van der Waals surface area contributed by atoms with Crippen LogP contribution in [0.3, 0.4) is 0 Å². The first-order chi connectivity index (χ1) is 11.2. The Morgan fingerprint density at radius 3 is 2.29 bits per heavy atom. The summed E-state index contributed by atoms with van der Waals surface area (Å²) in [4.78, 5) is 20.5. The zero-order valence-corrected chi connectivity index (χ0v) is 15.2. The van der Waals surface area contributed by atoms with Gasteiger partial charge in [0.2, 0.25) is 0 Å². The first kappa shape index (κ1) is 20.6. The number of carbonyl (C=O) groups excluding carboxylic acids is 2. The molecular weight excluding hydrogens is 333 g/mol. The molecule has 1 aromatic carbocycles. The molecule has 6 heteroatoms. The lowest BCUT2D eigenvalue weighted by Gasteiger charge is -2.37. The molecule has 1 aliphatic heterocycles. The van der Waals surface area contributed by atoms with Crippen molar-refractivity contribution in [2.75, 3.05) is 13.1 Å². The Kier molecular flexibility index (Phi) is 7.84. The molecule has 4 nitrogen and oxygen atoms in total. The number of piperidine rings is 1. The molecule has 1 heterocycles. The van der Waals surface area contributed by atoms with Crippen molar-refractivity contribution in [2.24, 2.45) is 0 Å². The van der Waals surface area contributed by atoms with Crippen LogP contribution in [0.25, 0.3) is 0 Å². The maximum Gasteiger partial charge on any atom is 0.293 e. The fourth-order valence-corrected chi connectivity index (χ4v) is 2.90.